The summed E-state index contributed by atoms with van der Waals surface area (Å²) in [6.45, 7) is 1.72. The molecule has 2 rings (SSSR count). The van der Waals surface area contributed by atoms with E-state index in [-0.39, 0.29) is 5.57 Å². The van der Waals surface area contributed by atoms with Crippen molar-refractivity contribution in [3.63, 3.8) is 0 Å². The van der Waals surface area contributed by atoms with Gasteiger partial charge in [-0.2, -0.15) is 0 Å². The predicted molar refractivity (Wildman–Crippen MR) is 61.7 cm³/mol. The van der Waals surface area contributed by atoms with Crippen molar-refractivity contribution in [2.45, 2.75) is 6.92 Å². The first kappa shape index (κ1) is 10.3. The van der Waals surface area contributed by atoms with Crippen LogP contribution in [0.2, 0.25) is 0 Å². The Balaban J connectivity index is 2.59. The van der Waals surface area contributed by atoms with Crippen LogP contribution < -0.4 is 0 Å². The molecule has 16 heavy (non-hydrogen) atoms. The van der Waals surface area contributed by atoms with E-state index in [2.05, 4.69) is 4.99 Å². The van der Waals surface area contributed by atoms with Crippen LogP contribution in [0.1, 0.15) is 12.5 Å². The number of nitrogens with zero attached hydrogens (tertiary/aromatic N) is 1. The number of aliphatic imine (C=N–C) groups is 1. The van der Waals surface area contributed by atoms with Gasteiger partial charge in [0, 0.05) is 11.3 Å². The topological polar surface area (TPSA) is 46.5 Å². The third-order valence-corrected chi connectivity index (χ3v) is 2.30. The number of carbonyl (C=O) groups excluding carboxylic acids is 2. The monoisotopic (exact) mass is 211 g/mol. The first-order valence-electron chi connectivity index (χ1n) is 4.84. The number of amides is 1. The zero-order chi connectivity index (χ0) is 11.5. The molecule has 78 valence electrons. The van der Waals surface area contributed by atoms with Gasteiger partial charge in [-0.3, -0.25) is 4.79 Å². The van der Waals surface area contributed by atoms with E-state index in [1.165, 1.54) is 0 Å². The van der Waals surface area contributed by atoms with Crippen molar-refractivity contribution in [3.8, 4) is 0 Å². The molecule has 0 fully saturated rings. The van der Waals surface area contributed by atoms with Gasteiger partial charge in [0.25, 0.3) is 5.91 Å². The van der Waals surface area contributed by atoms with Gasteiger partial charge in [0.15, 0.2) is 0 Å². The highest BCUT2D eigenvalue weighted by atomic mass is 16.2. The smallest absolute Gasteiger partial charge is 0.266 e. The largest absolute Gasteiger partial charge is 0.289 e. The van der Waals surface area contributed by atoms with E-state index in [0.29, 0.717) is 11.3 Å². The zero-order valence-corrected chi connectivity index (χ0v) is 8.73. The number of dihydropyridines is 1. The summed E-state index contributed by atoms with van der Waals surface area (Å²) in [6.07, 6.45) is 1.72. The molecule has 1 aliphatic heterocycles. The zero-order valence-electron chi connectivity index (χ0n) is 8.73. The van der Waals surface area contributed by atoms with Crippen molar-refractivity contribution >= 4 is 23.1 Å². The fourth-order valence-corrected chi connectivity index (χ4v) is 1.59. The third kappa shape index (κ3) is 1.76. The summed E-state index contributed by atoms with van der Waals surface area (Å²) in [6, 6.07) is 9.26. The fourth-order valence-electron chi connectivity index (χ4n) is 1.59. The summed E-state index contributed by atoms with van der Waals surface area (Å²) in [5.74, 6) is 1.14. The molecular formula is C13H9NO2. The molecule has 0 bridgehead atoms. The maximum absolute atomic E-state index is 11.5. The van der Waals surface area contributed by atoms with Crippen LogP contribution in [-0.2, 0) is 9.59 Å². The van der Waals surface area contributed by atoms with Gasteiger partial charge in [-0.1, -0.05) is 30.3 Å². The van der Waals surface area contributed by atoms with E-state index in [1.807, 2.05) is 30.3 Å². The Hall–Kier alpha value is -2.25. The normalized spacial score (nSPS) is 15.3. The minimum Gasteiger partial charge on any atom is -0.266 e. The second-order valence-electron chi connectivity index (χ2n) is 3.46. The number of hydrogen-bond acceptors (Lipinski definition) is 2. The fraction of sp³-hybridized carbons (Fsp3) is 0.0769. The number of hydrogen-bond donors (Lipinski definition) is 0. The van der Waals surface area contributed by atoms with Crippen molar-refractivity contribution < 1.29 is 9.59 Å². The molecule has 0 saturated carbocycles. The minimum absolute atomic E-state index is 0.00296. The Morgan fingerprint density at radius 3 is 2.50 bits per heavy atom. The summed E-state index contributed by atoms with van der Waals surface area (Å²) < 4.78 is 0. The SMILES string of the molecule is CC1=NC(=O)C(=C=O)C(c2ccccc2)=C1. The van der Waals surface area contributed by atoms with E-state index in [9.17, 15) is 9.59 Å². The van der Waals surface area contributed by atoms with E-state index in [1.54, 1.807) is 18.9 Å². The molecule has 0 aromatic heterocycles. The van der Waals surface area contributed by atoms with Crippen LogP contribution >= 0.6 is 0 Å². The maximum atomic E-state index is 11.5. The Kier molecular flexibility index (Phi) is 2.63. The minimum atomic E-state index is -0.520. The van der Waals surface area contributed by atoms with E-state index in [0.717, 1.165) is 5.56 Å². The summed E-state index contributed by atoms with van der Waals surface area (Å²) in [5, 5.41) is 0. The Morgan fingerprint density at radius 1 is 1.19 bits per heavy atom. The molecule has 0 aliphatic carbocycles. The molecule has 0 radical (unpaired) electrons. The van der Waals surface area contributed by atoms with Crippen molar-refractivity contribution in [2.24, 2.45) is 4.99 Å². The lowest BCUT2D eigenvalue weighted by molar-refractivity contribution is -0.113. The van der Waals surface area contributed by atoms with Gasteiger partial charge in [0.2, 0.25) is 0 Å². The van der Waals surface area contributed by atoms with Crippen LogP contribution in [0, 0.1) is 0 Å². The van der Waals surface area contributed by atoms with Gasteiger partial charge in [-0.25, -0.2) is 9.79 Å². The summed E-state index contributed by atoms with van der Waals surface area (Å²) in [5.41, 5.74) is 2.01. The molecule has 1 aromatic carbocycles. The predicted octanol–water partition coefficient (Wildman–Crippen LogP) is 1.83. The van der Waals surface area contributed by atoms with Gasteiger partial charge in [-0.15, -0.1) is 0 Å². The van der Waals surface area contributed by atoms with Gasteiger partial charge in [0.1, 0.15) is 11.5 Å². The molecule has 3 nitrogen and oxygen atoms in total. The van der Waals surface area contributed by atoms with E-state index >= 15 is 0 Å². The van der Waals surface area contributed by atoms with Crippen molar-refractivity contribution in [1.29, 1.82) is 0 Å². The average Bonchev–Trinajstić information content (AvgIpc) is 2.29. The lowest BCUT2D eigenvalue weighted by Crippen LogP contribution is -2.11. The van der Waals surface area contributed by atoms with Gasteiger partial charge < -0.3 is 0 Å². The number of allylic oxidation sites excluding steroid dienone is 1. The maximum Gasteiger partial charge on any atom is 0.289 e. The highest BCUT2D eigenvalue weighted by Gasteiger charge is 2.20. The van der Waals surface area contributed by atoms with Crippen LogP contribution in [0.5, 0.6) is 0 Å². The van der Waals surface area contributed by atoms with Crippen LogP contribution in [0.4, 0.5) is 0 Å². The second-order valence-corrected chi connectivity index (χ2v) is 3.46. The summed E-state index contributed by atoms with van der Waals surface area (Å²) >= 11 is 0. The third-order valence-electron chi connectivity index (χ3n) is 2.30. The van der Waals surface area contributed by atoms with Crippen molar-refractivity contribution in [3.05, 3.63) is 47.5 Å². The lowest BCUT2D eigenvalue weighted by atomic mass is 9.95. The molecule has 0 N–H and O–H groups in total. The molecule has 3 heteroatoms. The quantitative estimate of drug-likeness (QED) is 0.525. The first-order valence-corrected chi connectivity index (χ1v) is 4.84. The van der Waals surface area contributed by atoms with E-state index in [4.69, 9.17) is 0 Å². The van der Waals surface area contributed by atoms with Crippen molar-refractivity contribution in [1.82, 2.24) is 0 Å². The first-order chi connectivity index (χ1) is 7.72. The standard InChI is InChI=1S/C13H9NO2/c1-9-7-11(10-5-3-2-4-6-10)12(8-15)13(16)14-9/h2-7H,1H3. The van der Waals surface area contributed by atoms with E-state index < -0.39 is 5.91 Å². The Bertz CT molecular complexity index is 547. The molecule has 1 aromatic rings. The average molecular weight is 211 g/mol. The van der Waals surface area contributed by atoms with Crippen LogP contribution in [0.3, 0.4) is 0 Å². The van der Waals surface area contributed by atoms with Crippen molar-refractivity contribution in [2.75, 3.05) is 0 Å². The summed E-state index contributed by atoms with van der Waals surface area (Å²) in [4.78, 5) is 26.0. The molecule has 1 aliphatic rings. The van der Waals surface area contributed by atoms with Gasteiger partial charge in [-0.05, 0) is 18.6 Å². The van der Waals surface area contributed by atoms with Gasteiger partial charge >= 0.3 is 0 Å². The van der Waals surface area contributed by atoms with Crippen LogP contribution in [0.15, 0.2) is 47.0 Å². The number of rotatable bonds is 1. The molecule has 0 saturated heterocycles. The van der Waals surface area contributed by atoms with Gasteiger partial charge in [0.05, 0.1) is 0 Å². The number of carbonyl (C=O) groups is 1. The highest BCUT2D eigenvalue weighted by molar-refractivity contribution is 6.25. The second kappa shape index (κ2) is 4.09. The van der Waals surface area contributed by atoms with Crippen LogP contribution in [0.25, 0.3) is 5.57 Å². The Morgan fingerprint density at radius 2 is 1.88 bits per heavy atom. The summed E-state index contributed by atoms with van der Waals surface area (Å²) in [7, 11) is 0. The number of benzene rings is 1. The molecule has 0 unspecified atom stereocenters. The molecule has 0 spiro atoms. The molecular weight excluding hydrogens is 202 g/mol. The lowest BCUT2D eigenvalue weighted by Gasteiger charge is -2.10. The Labute approximate surface area is 92.8 Å². The molecule has 1 amide bonds. The highest BCUT2D eigenvalue weighted by Crippen LogP contribution is 2.25. The molecule has 1 heterocycles. The molecule has 0 atom stereocenters. The van der Waals surface area contributed by atoms with Crippen LogP contribution in [-0.4, -0.2) is 17.6 Å².